The maximum atomic E-state index is 11.8. The van der Waals surface area contributed by atoms with Gasteiger partial charge in [0, 0.05) is 19.7 Å². The lowest BCUT2D eigenvalue weighted by Gasteiger charge is -2.30. The minimum absolute atomic E-state index is 0.00469. The Morgan fingerprint density at radius 1 is 1.38 bits per heavy atom. The SMILES string of the molecule is COC(=O)[C@H]1CCCN(CC(=O)NCCCOC(C)C)C1. The number of piperidine rings is 1. The van der Waals surface area contributed by atoms with Gasteiger partial charge in [-0.15, -0.1) is 0 Å². The molecule has 0 radical (unpaired) electrons. The van der Waals surface area contributed by atoms with E-state index in [4.69, 9.17) is 9.47 Å². The van der Waals surface area contributed by atoms with Crippen LogP contribution in [0.3, 0.4) is 0 Å². The molecule has 0 aliphatic carbocycles. The molecular weight excluding hydrogens is 272 g/mol. The first-order chi connectivity index (χ1) is 10.0. The summed E-state index contributed by atoms with van der Waals surface area (Å²) >= 11 is 0. The summed E-state index contributed by atoms with van der Waals surface area (Å²) in [6, 6.07) is 0. The van der Waals surface area contributed by atoms with Gasteiger partial charge < -0.3 is 14.8 Å². The summed E-state index contributed by atoms with van der Waals surface area (Å²) in [4.78, 5) is 25.4. The molecule has 1 heterocycles. The summed E-state index contributed by atoms with van der Waals surface area (Å²) in [5.74, 6) is -0.271. The molecule has 6 nitrogen and oxygen atoms in total. The number of carbonyl (C=O) groups is 2. The van der Waals surface area contributed by atoms with E-state index >= 15 is 0 Å². The van der Waals surface area contributed by atoms with E-state index in [9.17, 15) is 9.59 Å². The molecular formula is C15H28N2O4. The number of nitrogens with one attached hydrogen (secondary N) is 1. The third kappa shape index (κ3) is 7.43. The molecule has 1 rings (SSSR count). The summed E-state index contributed by atoms with van der Waals surface area (Å²) in [6.07, 6.45) is 2.81. The van der Waals surface area contributed by atoms with E-state index in [-0.39, 0.29) is 23.9 Å². The van der Waals surface area contributed by atoms with Crippen molar-refractivity contribution < 1.29 is 19.1 Å². The first kappa shape index (κ1) is 17.9. The second kappa shape index (κ2) is 9.73. The van der Waals surface area contributed by atoms with Crippen molar-refractivity contribution >= 4 is 11.9 Å². The number of hydrogen-bond acceptors (Lipinski definition) is 5. The smallest absolute Gasteiger partial charge is 0.309 e. The molecule has 0 spiro atoms. The number of likely N-dealkylation sites (tertiary alicyclic amines) is 1. The fraction of sp³-hybridized carbons (Fsp3) is 0.867. The topological polar surface area (TPSA) is 67.9 Å². The molecule has 1 atom stereocenters. The predicted molar refractivity (Wildman–Crippen MR) is 79.9 cm³/mol. The van der Waals surface area contributed by atoms with E-state index in [1.165, 1.54) is 7.11 Å². The lowest BCUT2D eigenvalue weighted by atomic mass is 9.98. The number of esters is 1. The summed E-state index contributed by atoms with van der Waals surface area (Å²) < 4.78 is 10.2. The standard InChI is InChI=1S/C15H28N2O4/c1-12(2)21-9-5-7-16-14(18)11-17-8-4-6-13(10-17)15(19)20-3/h12-13H,4-11H2,1-3H3,(H,16,18)/t13-/m0/s1. The number of hydrogen-bond donors (Lipinski definition) is 1. The van der Waals surface area contributed by atoms with Crippen molar-refractivity contribution in [1.29, 1.82) is 0 Å². The average molecular weight is 300 g/mol. The molecule has 0 aromatic heterocycles. The number of ether oxygens (including phenoxy) is 2. The molecule has 1 fully saturated rings. The quantitative estimate of drug-likeness (QED) is 0.530. The lowest BCUT2D eigenvalue weighted by Crippen LogP contribution is -2.44. The largest absolute Gasteiger partial charge is 0.469 e. The van der Waals surface area contributed by atoms with Gasteiger partial charge in [-0.25, -0.2) is 0 Å². The second-order valence-corrected chi connectivity index (χ2v) is 5.72. The maximum Gasteiger partial charge on any atom is 0.309 e. The highest BCUT2D eigenvalue weighted by Gasteiger charge is 2.27. The number of methoxy groups -OCH3 is 1. The summed E-state index contributed by atoms with van der Waals surface area (Å²) in [5.41, 5.74) is 0. The van der Waals surface area contributed by atoms with Gasteiger partial charge in [0.2, 0.25) is 5.91 Å². The van der Waals surface area contributed by atoms with Gasteiger partial charge in [-0.1, -0.05) is 0 Å². The van der Waals surface area contributed by atoms with Crippen LogP contribution in [0.5, 0.6) is 0 Å². The van der Waals surface area contributed by atoms with Crippen LogP contribution in [0.4, 0.5) is 0 Å². The van der Waals surface area contributed by atoms with Crippen molar-refractivity contribution in [3.05, 3.63) is 0 Å². The van der Waals surface area contributed by atoms with Crippen LogP contribution in [-0.4, -0.2) is 62.8 Å². The van der Waals surface area contributed by atoms with Crippen LogP contribution in [0, 0.1) is 5.92 Å². The minimum atomic E-state index is -0.175. The van der Waals surface area contributed by atoms with Crippen molar-refractivity contribution in [2.75, 3.05) is 39.9 Å². The van der Waals surface area contributed by atoms with Gasteiger partial charge in [-0.3, -0.25) is 14.5 Å². The summed E-state index contributed by atoms with van der Waals surface area (Å²) in [6.45, 7) is 7.08. The molecule has 0 bridgehead atoms. The van der Waals surface area contributed by atoms with Crippen molar-refractivity contribution in [2.45, 2.75) is 39.2 Å². The molecule has 0 saturated carbocycles. The lowest BCUT2D eigenvalue weighted by molar-refractivity contribution is -0.147. The molecule has 1 amide bonds. The van der Waals surface area contributed by atoms with Crippen LogP contribution < -0.4 is 5.32 Å². The Morgan fingerprint density at radius 2 is 2.14 bits per heavy atom. The van der Waals surface area contributed by atoms with E-state index in [0.717, 1.165) is 25.8 Å². The van der Waals surface area contributed by atoms with Crippen LogP contribution in [0.25, 0.3) is 0 Å². The molecule has 6 heteroatoms. The monoisotopic (exact) mass is 300 g/mol. The Bertz CT molecular complexity index is 334. The fourth-order valence-electron chi connectivity index (χ4n) is 2.44. The molecule has 1 N–H and O–H groups in total. The first-order valence-electron chi connectivity index (χ1n) is 7.71. The first-order valence-corrected chi connectivity index (χ1v) is 7.71. The van der Waals surface area contributed by atoms with E-state index in [2.05, 4.69) is 5.32 Å². The Labute approximate surface area is 127 Å². The molecule has 0 aromatic rings. The van der Waals surface area contributed by atoms with Gasteiger partial charge in [-0.2, -0.15) is 0 Å². The number of nitrogens with zero attached hydrogens (tertiary/aromatic N) is 1. The predicted octanol–water partition coefficient (Wildman–Crippen LogP) is 0.803. The normalized spacial score (nSPS) is 19.5. The van der Waals surface area contributed by atoms with E-state index in [0.29, 0.717) is 26.2 Å². The molecule has 1 aliphatic rings. The average Bonchev–Trinajstić information content (AvgIpc) is 2.46. The highest BCUT2D eigenvalue weighted by molar-refractivity contribution is 5.78. The molecule has 1 saturated heterocycles. The Hall–Kier alpha value is -1.14. The Balaban J connectivity index is 2.17. The molecule has 0 unspecified atom stereocenters. The van der Waals surface area contributed by atoms with Crippen LogP contribution >= 0.6 is 0 Å². The molecule has 122 valence electrons. The van der Waals surface area contributed by atoms with Crippen molar-refractivity contribution in [2.24, 2.45) is 5.92 Å². The zero-order valence-corrected chi connectivity index (χ0v) is 13.4. The Morgan fingerprint density at radius 3 is 2.81 bits per heavy atom. The van der Waals surface area contributed by atoms with E-state index in [1.54, 1.807) is 0 Å². The second-order valence-electron chi connectivity index (χ2n) is 5.72. The van der Waals surface area contributed by atoms with Crippen molar-refractivity contribution in [1.82, 2.24) is 10.2 Å². The zero-order valence-electron chi connectivity index (χ0n) is 13.4. The highest BCUT2D eigenvalue weighted by Crippen LogP contribution is 2.17. The van der Waals surface area contributed by atoms with Crippen LogP contribution in [-0.2, 0) is 19.1 Å². The van der Waals surface area contributed by atoms with Gasteiger partial charge in [0.05, 0.1) is 25.7 Å². The summed E-state index contributed by atoms with van der Waals surface area (Å²) in [7, 11) is 1.41. The van der Waals surface area contributed by atoms with Gasteiger partial charge in [0.25, 0.3) is 0 Å². The van der Waals surface area contributed by atoms with Crippen molar-refractivity contribution in [3.63, 3.8) is 0 Å². The van der Waals surface area contributed by atoms with Gasteiger partial charge in [-0.05, 0) is 39.7 Å². The van der Waals surface area contributed by atoms with Crippen molar-refractivity contribution in [3.8, 4) is 0 Å². The van der Waals surface area contributed by atoms with Gasteiger partial charge in [0.15, 0.2) is 0 Å². The number of rotatable bonds is 8. The molecule has 1 aliphatic heterocycles. The number of amides is 1. The van der Waals surface area contributed by atoms with Crippen LogP contribution in [0.15, 0.2) is 0 Å². The number of carbonyl (C=O) groups excluding carboxylic acids is 2. The molecule has 0 aromatic carbocycles. The summed E-state index contributed by atoms with van der Waals surface area (Å²) in [5, 5.41) is 2.88. The van der Waals surface area contributed by atoms with Crippen LogP contribution in [0.1, 0.15) is 33.1 Å². The third-order valence-electron chi connectivity index (χ3n) is 3.50. The van der Waals surface area contributed by atoms with E-state index in [1.807, 2.05) is 18.7 Å². The zero-order chi connectivity index (χ0) is 15.7. The molecule has 21 heavy (non-hydrogen) atoms. The van der Waals surface area contributed by atoms with Gasteiger partial charge in [0.1, 0.15) is 0 Å². The van der Waals surface area contributed by atoms with E-state index < -0.39 is 0 Å². The minimum Gasteiger partial charge on any atom is -0.469 e. The highest BCUT2D eigenvalue weighted by atomic mass is 16.5. The Kier molecular flexibility index (Phi) is 8.30. The van der Waals surface area contributed by atoms with Crippen LogP contribution in [0.2, 0.25) is 0 Å². The van der Waals surface area contributed by atoms with Gasteiger partial charge >= 0.3 is 5.97 Å². The third-order valence-corrected chi connectivity index (χ3v) is 3.50. The fourth-order valence-corrected chi connectivity index (χ4v) is 2.44. The maximum absolute atomic E-state index is 11.8.